The van der Waals surface area contributed by atoms with Crippen LogP contribution in [0.3, 0.4) is 0 Å². The second-order valence-electron chi connectivity index (χ2n) is 5.66. The minimum absolute atomic E-state index is 0. The summed E-state index contributed by atoms with van der Waals surface area (Å²) in [6, 6.07) is 4.73. The molecule has 0 aromatic heterocycles. The largest absolute Gasteiger partial charge is 0.338 e. The van der Waals surface area contributed by atoms with Gasteiger partial charge in [-0.3, -0.25) is 14.9 Å². The average Bonchev–Trinajstić information content (AvgIpc) is 2.53. The van der Waals surface area contributed by atoms with Gasteiger partial charge in [0.05, 0.1) is 9.82 Å². The lowest BCUT2D eigenvalue weighted by atomic mass is 9.92. The van der Waals surface area contributed by atoms with Crippen molar-refractivity contribution in [2.24, 2.45) is 11.7 Å². The fourth-order valence-electron chi connectivity index (χ4n) is 2.77. The Bertz CT molecular complexity index is 583. The Balaban J connectivity index is 0.00000264. The molecular formula is C15H22ClN3O3S. The fourth-order valence-corrected chi connectivity index (χ4v) is 3.32. The molecule has 2 unspecified atom stereocenters. The van der Waals surface area contributed by atoms with Gasteiger partial charge >= 0.3 is 0 Å². The number of nitro benzene ring substituents is 1. The fraction of sp³-hybridized carbons (Fsp3) is 0.533. The number of hydrogen-bond acceptors (Lipinski definition) is 5. The molecule has 1 aromatic carbocycles. The molecule has 6 nitrogen and oxygen atoms in total. The molecule has 0 saturated carbocycles. The maximum Gasteiger partial charge on any atom is 0.283 e. The third kappa shape index (κ3) is 4.59. The maximum atomic E-state index is 12.6. The number of amides is 1. The summed E-state index contributed by atoms with van der Waals surface area (Å²) in [5, 5.41) is 11.1. The van der Waals surface area contributed by atoms with E-state index >= 15 is 0 Å². The quantitative estimate of drug-likeness (QED) is 0.507. The molecule has 2 N–H and O–H groups in total. The monoisotopic (exact) mass is 359 g/mol. The molecule has 1 fully saturated rings. The van der Waals surface area contributed by atoms with E-state index in [1.165, 1.54) is 17.8 Å². The van der Waals surface area contributed by atoms with Crippen molar-refractivity contribution in [2.75, 3.05) is 19.3 Å². The Morgan fingerprint density at radius 1 is 1.52 bits per heavy atom. The Morgan fingerprint density at radius 3 is 2.78 bits per heavy atom. The molecule has 2 rings (SSSR count). The van der Waals surface area contributed by atoms with Crippen LogP contribution in [-0.4, -0.2) is 41.1 Å². The van der Waals surface area contributed by atoms with Crippen molar-refractivity contribution in [3.05, 3.63) is 33.9 Å². The van der Waals surface area contributed by atoms with Crippen LogP contribution in [0.25, 0.3) is 0 Å². The van der Waals surface area contributed by atoms with Crippen LogP contribution in [0.2, 0.25) is 0 Å². The van der Waals surface area contributed by atoms with Gasteiger partial charge in [0.1, 0.15) is 0 Å². The number of hydrogen-bond donors (Lipinski definition) is 1. The first-order valence-corrected chi connectivity index (χ1v) is 8.53. The predicted octanol–water partition coefficient (Wildman–Crippen LogP) is 2.94. The third-order valence-electron chi connectivity index (χ3n) is 4.11. The highest BCUT2D eigenvalue weighted by Crippen LogP contribution is 2.29. The molecule has 0 bridgehead atoms. The number of nitrogens with two attached hydrogens (primary N) is 1. The van der Waals surface area contributed by atoms with Gasteiger partial charge in [0.2, 0.25) is 0 Å². The first kappa shape index (κ1) is 19.7. The van der Waals surface area contributed by atoms with Crippen LogP contribution in [0.5, 0.6) is 0 Å². The number of halogens is 1. The van der Waals surface area contributed by atoms with Crippen molar-refractivity contribution in [3.63, 3.8) is 0 Å². The van der Waals surface area contributed by atoms with Crippen LogP contribution in [0.4, 0.5) is 5.69 Å². The van der Waals surface area contributed by atoms with E-state index in [4.69, 9.17) is 5.73 Å². The van der Waals surface area contributed by atoms with Crippen LogP contribution < -0.4 is 5.73 Å². The third-order valence-corrected chi connectivity index (χ3v) is 4.90. The zero-order chi connectivity index (χ0) is 16.3. The second-order valence-corrected chi connectivity index (χ2v) is 6.50. The summed E-state index contributed by atoms with van der Waals surface area (Å²) in [5.41, 5.74) is 6.30. The number of nitrogens with zero attached hydrogens (tertiary/aromatic N) is 2. The Morgan fingerprint density at radius 2 is 2.22 bits per heavy atom. The van der Waals surface area contributed by atoms with Crippen molar-refractivity contribution in [3.8, 4) is 0 Å². The number of benzene rings is 1. The first-order chi connectivity index (χ1) is 10.4. The summed E-state index contributed by atoms with van der Waals surface area (Å²) in [6.07, 6.45) is 3.72. The number of likely N-dealkylation sites (tertiary alicyclic amines) is 1. The van der Waals surface area contributed by atoms with Gasteiger partial charge in [-0.1, -0.05) is 0 Å². The van der Waals surface area contributed by atoms with Crippen molar-refractivity contribution in [2.45, 2.75) is 30.7 Å². The van der Waals surface area contributed by atoms with Crippen molar-refractivity contribution in [1.29, 1.82) is 0 Å². The molecule has 1 aromatic rings. The number of carbonyl (C=O) groups excluding carboxylic acids is 1. The Kier molecular flexibility index (Phi) is 7.31. The number of rotatable bonds is 4. The van der Waals surface area contributed by atoms with Gasteiger partial charge in [0.15, 0.2) is 0 Å². The van der Waals surface area contributed by atoms with Gasteiger partial charge in [0, 0.05) is 30.8 Å². The maximum absolute atomic E-state index is 12.6. The highest BCUT2D eigenvalue weighted by atomic mass is 35.5. The SMILES string of the molecule is CSc1ccc(C(=O)N2CCCC(C(C)N)C2)cc1[N+](=O)[O-].Cl. The second kappa shape index (κ2) is 8.52. The summed E-state index contributed by atoms with van der Waals surface area (Å²) < 4.78 is 0. The minimum atomic E-state index is -0.441. The van der Waals surface area contributed by atoms with E-state index < -0.39 is 4.92 Å². The van der Waals surface area contributed by atoms with Crippen molar-refractivity contribution in [1.82, 2.24) is 4.90 Å². The topological polar surface area (TPSA) is 89.5 Å². The Hall–Kier alpha value is -1.31. The summed E-state index contributed by atoms with van der Waals surface area (Å²) in [6.45, 7) is 3.26. The molecule has 1 saturated heterocycles. The van der Waals surface area contributed by atoms with E-state index in [1.807, 2.05) is 6.92 Å². The van der Waals surface area contributed by atoms with Gasteiger partial charge < -0.3 is 10.6 Å². The van der Waals surface area contributed by atoms with Gasteiger partial charge in [-0.15, -0.1) is 24.2 Å². The van der Waals surface area contributed by atoms with E-state index in [0.29, 0.717) is 23.5 Å². The normalized spacial score (nSPS) is 18.9. The summed E-state index contributed by atoms with van der Waals surface area (Å²) in [4.78, 5) is 25.6. The minimum Gasteiger partial charge on any atom is -0.338 e. The molecule has 1 aliphatic heterocycles. The van der Waals surface area contributed by atoms with Crippen LogP contribution >= 0.6 is 24.2 Å². The number of piperidine rings is 1. The van der Waals surface area contributed by atoms with E-state index in [1.54, 1.807) is 23.3 Å². The number of thioether (sulfide) groups is 1. The molecule has 0 radical (unpaired) electrons. The summed E-state index contributed by atoms with van der Waals surface area (Å²) >= 11 is 1.30. The smallest absolute Gasteiger partial charge is 0.283 e. The lowest BCUT2D eigenvalue weighted by Crippen LogP contribution is -2.45. The molecule has 1 heterocycles. The summed E-state index contributed by atoms with van der Waals surface area (Å²) in [7, 11) is 0. The first-order valence-electron chi connectivity index (χ1n) is 7.31. The van der Waals surface area contributed by atoms with Gasteiger partial charge in [0.25, 0.3) is 11.6 Å². The van der Waals surface area contributed by atoms with E-state index in [2.05, 4.69) is 0 Å². The van der Waals surface area contributed by atoms with E-state index in [0.717, 1.165) is 12.8 Å². The molecule has 2 atom stereocenters. The highest BCUT2D eigenvalue weighted by Gasteiger charge is 2.27. The molecular weight excluding hydrogens is 338 g/mol. The predicted molar refractivity (Wildman–Crippen MR) is 94.4 cm³/mol. The van der Waals surface area contributed by atoms with Crippen LogP contribution in [-0.2, 0) is 0 Å². The standard InChI is InChI=1S/C15H21N3O3S.ClH/c1-10(16)12-4-3-7-17(9-12)15(19)11-5-6-14(22-2)13(8-11)18(20)21;/h5-6,8,10,12H,3-4,7,9,16H2,1-2H3;1H. The molecule has 1 amide bonds. The lowest BCUT2D eigenvalue weighted by molar-refractivity contribution is -0.387. The van der Waals surface area contributed by atoms with Gasteiger partial charge in [-0.2, -0.15) is 0 Å². The molecule has 0 aliphatic carbocycles. The molecule has 23 heavy (non-hydrogen) atoms. The lowest BCUT2D eigenvalue weighted by Gasteiger charge is -2.34. The molecule has 128 valence electrons. The number of nitro groups is 1. The average molecular weight is 360 g/mol. The highest BCUT2D eigenvalue weighted by molar-refractivity contribution is 7.98. The number of carbonyl (C=O) groups is 1. The van der Waals surface area contributed by atoms with Gasteiger partial charge in [-0.05, 0) is 44.1 Å². The van der Waals surface area contributed by atoms with E-state index in [9.17, 15) is 14.9 Å². The Labute approximate surface area is 146 Å². The van der Waals surface area contributed by atoms with Crippen LogP contribution in [0, 0.1) is 16.0 Å². The van der Waals surface area contributed by atoms with Crippen molar-refractivity contribution < 1.29 is 9.72 Å². The zero-order valence-corrected chi connectivity index (χ0v) is 14.9. The molecule has 8 heteroatoms. The zero-order valence-electron chi connectivity index (χ0n) is 13.2. The van der Waals surface area contributed by atoms with Crippen LogP contribution in [0.15, 0.2) is 23.1 Å². The van der Waals surface area contributed by atoms with E-state index in [-0.39, 0.29) is 36.0 Å². The molecule has 1 aliphatic rings. The summed E-state index contributed by atoms with van der Waals surface area (Å²) in [5.74, 6) is 0.138. The molecule has 0 spiro atoms. The van der Waals surface area contributed by atoms with Crippen LogP contribution in [0.1, 0.15) is 30.1 Å². The van der Waals surface area contributed by atoms with Gasteiger partial charge in [-0.25, -0.2) is 0 Å². The van der Waals surface area contributed by atoms with Crippen molar-refractivity contribution >= 4 is 35.8 Å².